The molecule has 7 nitrogen and oxygen atoms in total. The quantitative estimate of drug-likeness (QED) is 0.689. The van der Waals surface area contributed by atoms with Crippen LogP contribution in [-0.4, -0.2) is 46.9 Å². The first-order valence-corrected chi connectivity index (χ1v) is 10.8. The van der Waals surface area contributed by atoms with Gasteiger partial charge in [-0.25, -0.2) is 8.42 Å². The summed E-state index contributed by atoms with van der Waals surface area (Å²) in [4.78, 5) is 14.9. The molecule has 1 amide bonds. The Hall–Kier alpha value is -3.00. The maximum absolute atomic E-state index is 13.4. The van der Waals surface area contributed by atoms with Crippen LogP contribution in [0, 0.1) is 0 Å². The number of hydrogen-bond donors (Lipinski definition) is 0. The molecule has 0 N–H and O–H groups in total. The molecule has 2 aromatic rings. The second-order valence-electron chi connectivity index (χ2n) is 6.43. The number of hydrogen-bond acceptors (Lipinski definition) is 6. The van der Waals surface area contributed by atoms with Crippen LogP contribution >= 0.6 is 0 Å². The number of methoxy groups -OCH3 is 2. The molecule has 0 bridgehead atoms. The topological polar surface area (TPSA) is 82.1 Å². The zero-order valence-electron chi connectivity index (χ0n) is 16.5. The minimum absolute atomic E-state index is 0.174. The highest BCUT2D eigenvalue weighted by Crippen LogP contribution is 2.29. The number of carbonyl (C=O) groups is 1. The van der Waals surface area contributed by atoms with Gasteiger partial charge in [0.05, 0.1) is 32.6 Å². The lowest BCUT2D eigenvalue weighted by Crippen LogP contribution is -2.41. The summed E-state index contributed by atoms with van der Waals surface area (Å²) in [6, 6.07) is 11.2. The molecular formula is C21H23NO6S. The number of sulfone groups is 1. The van der Waals surface area contributed by atoms with Crippen LogP contribution in [0.4, 0.5) is 5.69 Å². The Labute approximate surface area is 170 Å². The highest BCUT2D eigenvalue weighted by molar-refractivity contribution is 7.94. The van der Waals surface area contributed by atoms with Crippen LogP contribution in [0.15, 0.2) is 53.9 Å². The van der Waals surface area contributed by atoms with Crippen LogP contribution in [0.5, 0.6) is 17.2 Å². The van der Waals surface area contributed by atoms with Crippen LogP contribution in [0.3, 0.4) is 0 Å². The molecule has 3 rings (SSSR count). The molecule has 0 unspecified atom stereocenters. The first-order valence-electron chi connectivity index (χ1n) is 9.07. The first kappa shape index (κ1) is 20.7. The zero-order chi connectivity index (χ0) is 21.0. The number of amides is 1. The van der Waals surface area contributed by atoms with Gasteiger partial charge in [-0.3, -0.25) is 4.79 Å². The fourth-order valence-electron chi connectivity index (χ4n) is 3.12. The van der Waals surface area contributed by atoms with Crippen LogP contribution in [-0.2, 0) is 9.84 Å². The summed E-state index contributed by atoms with van der Waals surface area (Å²) in [6.07, 6.45) is 1.53. The molecule has 1 atom stereocenters. The molecule has 29 heavy (non-hydrogen) atoms. The van der Waals surface area contributed by atoms with E-state index in [1.54, 1.807) is 42.5 Å². The Morgan fingerprint density at radius 1 is 1.03 bits per heavy atom. The molecule has 2 aromatic carbocycles. The number of benzene rings is 2. The van der Waals surface area contributed by atoms with Gasteiger partial charge in [-0.1, -0.05) is 0 Å². The molecule has 0 saturated carbocycles. The monoisotopic (exact) mass is 417 g/mol. The molecular weight excluding hydrogens is 394 g/mol. The molecule has 0 saturated heterocycles. The molecule has 0 aliphatic carbocycles. The van der Waals surface area contributed by atoms with Crippen molar-refractivity contribution >= 4 is 21.4 Å². The number of anilines is 1. The van der Waals surface area contributed by atoms with Gasteiger partial charge in [-0.05, 0) is 49.4 Å². The Morgan fingerprint density at radius 3 is 2.14 bits per heavy atom. The minimum atomic E-state index is -3.36. The van der Waals surface area contributed by atoms with Gasteiger partial charge in [0, 0.05) is 22.7 Å². The van der Waals surface area contributed by atoms with Crippen LogP contribution in [0.2, 0.25) is 0 Å². The maximum Gasteiger partial charge on any atom is 0.259 e. The Morgan fingerprint density at radius 2 is 1.66 bits per heavy atom. The van der Waals surface area contributed by atoms with Gasteiger partial charge < -0.3 is 19.1 Å². The van der Waals surface area contributed by atoms with Gasteiger partial charge in [-0.15, -0.1) is 0 Å². The largest absolute Gasteiger partial charge is 0.497 e. The van der Waals surface area contributed by atoms with E-state index >= 15 is 0 Å². The van der Waals surface area contributed by atoms with E-state index in [0.717, 1.165) is 5.41 Å². The van der Waals surface area contributed by atoms with E-state index in [9.17, 15) is 13.2 Å². The van der Waals surface area contributed by atoms with Crippen molar-refractivity contribution in [3.63, 3.8) is 0 Å². The maximum atomic E-state index is 13.4. The fourth-order valence-corrected chi connectivity index (χ4v) is 4.39. The normalized spacial score (nSPS) is 17.0. The van der Waals surface area contributed by atoms with Gasteiger partial charge in [0.1, 0.15) is 17.2 Å². The predicted octanol–water partition coefficient (Wildman–Crippen LogP) is 3.06. The lowest BCUT2D eigenvalue weighted by atomic mass is 10.1. The summed E-state index contributed by atoms with van der Waals surface area (Å²) in [5, 5.41) is 1.15. The van der Waals surface area contributed by atoms with E-state index in [1.165, 1.54) is 25.2 Å². The fraction of sp³-hybridized carbons (Fsp3) is 0.286. The highest BCUT2D eigenvalue weighted by atomic mass is 32.2. The van der Waals surface area contributed by atoms with E-state index in [1.807, 2.05) is 6.92 Å². The van der Waals surface area contributed by atoms with Gasteiger partial charge >= 0.3 is 0 Å². The van der Waals surface area contributed by atoms with Gasteiger partial charge in [0.2, 0.25) is 0 Å². The molecule has 0 aromatic heterocycles. The number of carbonyl (C=O) groups excluding carboxylic acids is 1. The lowest BCUT2D eigenvalue weighted by molar-refractivity contribution is 0.0982. The van der Waals surface area contributed by atoms with Crippen molar-refractivity contribution in [2.75, 3.05) is 31.5 Å². The third kappa shape index (κ3) is 4.71. The van der Waals surface area contributed by atoms with Gasteiger partial charge in [0.25, 0.3) is 5.91 Å². The SMILES string of the molecule is CCOc1ccc(N(C(=O)c2cc(OC)cc(OC)c2)[C@H]2C=CS(=O)(=O)C2)cc1. The van der Waals surface area contributed by atoms with E-state index < -0.39 is 15.9 Å². The molecule has 154 valence electrons. The third-order valence-electron chi connectivity index (χ3n) is 4.49. The molecule has 1 heterocycles. The summed E-state index contributed by atoms with van der Waals surface area (Å²) in [5.74, 6) is 1.06. The van der Waals surface area contributed by atoms with E-state index in [0.29, 0.717) is 35.1 Å². The van der Waals surface area contributed by atoms with Crippen LogP contribution in [0.25, 0.3) is 0 Å². The molecule has 0 fully saturated rings. The van der Waals surface area contributed by atoms with Crippen LogP contribution in [0.1, 0.15) is 17.3 Å². The number of rotatable bonds is 7. The standard InChI is InChI=1S/C21H23NO6S/c1-4-28-18-7-5-16(6-8-18)22(17-9-10-29(24,25)14-17)21(23)15-11-19(26-2)13-20(12-15)27-3/h5-13,17H,4,14H2,1-3H3/t17-/m0/s1. The molecule has 0 spiro atoms. The van der Waals surface area contributed by atoms with Crippen molar-refractivity contribution in [3.8, 4) is 17.2 Å². The summed E-state index contributed by atoms with van der Waals surface area (Å²) in [5.41, 5.74) is 0.889. The van der Waals surface area contributed by atoms with Crippen LogP contribution < -0.4 is 19.1 Å². The number of nitrogens with zero attached hydrogens (tertiary/aromatic N) is 1. The Bertz CT molecular complexity index is 992. The summed E-state index contributed by atoms with van der Waals surface area (Å²) >= 11 is 0. The lowest BCUT2D eigenvalue weighted by Gasteiger charge is -2.28. The zero-order valence-corrected chi connectivity index (χ0v) is 17.3. The summed E-state index contributed by atoms with van der Waals surface area (Å²) in [7, 11) is -0.356. The van der Waals surface area contributed by atoms with Gasteiger partial charge in [0.15, 0.2) is 9.84 Å². The Balaban J connectivity index is 2.03. The molecule has 1 aliphatic rings. The average molecular weight is 417 g/mol. The molecule has 8 heteroatoms. The van der Waals surface area contributed by atoms with Crippen molar-refractivity contribution in [3.05, 3.63) is 59.5 Å². The van der Waals surface area contributed by atoms with Crippen molar-refractivity contribution < 1.29 is 27.4 Å². The van der Waals surface area contributed by atoms with Crippen molar-refractivity contribution in [1.29, 1.82) is 0 Å². The second-order valence-corrected chi connectivity index (χ2v) is 8.36. The summed E-state index contributed by atoms with van der Waals surface area (Å²) in [6.45, 7) is 2.41. The average Bonchev–Trinajstić information content (AvgIpc) is 3.08. The molecule has 1 aliphatic heterocycles. The van der Waals surface area contributed by atoms with E-state index in [2.05, 4.69) is 0 Å². The summed E-state index contributed by atoms with van der Waals surface area (Å²) < 4.78 is 40.0. The predicted molar refractivity (Wildman–Crippen MR) is 111 cm³/mol. The highest BCUT2D eigenvalue weighted by Gasteiger charge is 2.32. The smallest absolute Gasteiger partial charge is 0.259 e. The van der Waals surface area contributed by atoms with Crippen molar-refractivity contribution in [2.45, 2.75) is 13.0 Å². The van der Waals surface area contributed by atoms with Crippen molar-refractivity contribution in [1.82, 2.24) is 0 Å². The van der Waals surface area contributed by atoms with E-state index in [4.69, 9.17) is 14.2 Å². The minimum Gasteiger partial charge on any atom is -0.497 e. The number of ether oxygens (including phenoxy) is 3. The second kappa shape index (κ2) is 8.57. The van der Waals surface area contributed by atoms with Crippen molar-refractivity contribution in [2.24, 2.45) is 0 Å². The third-order valence-corrected chi connectivity index (χ3v) is 5.86. The first-order chi connectivity index (χ1) is 13.9. The molecule has 0 radical (unpaired) electrons. The van der Waals surface area contributed by atoms with E-state index in [-0.39, 0.29) is 11.7 Å². The van der Waals surface area contributed by atoms with Gasteiger partial charge in [-0.2, -0.15) is 0 Å². The Kier molecular flexibility index (Phi) is 6.12.